The summed E-state index contributed by atoms with van der Waals surface area (Å²) in [7, 11) is 0. The van der Waals surface area contributed by atoms with Crippen molar-refractivity contribution in [2.45, 2.75) is 25.0 Å². The second-order valence-electron chi connectivity index (χ2n) is 9.51. The van der Waals surface area contributed by atoms with Gasteiger partial charge in [-0.2, -0.15) is 0 Å². The molecule has 5 heteroatoms. The molecule has 37 heavy (non-hydrogen) atoms. The second-order valence-corrected chi connectivity index (χ2v) is 10.9. The molecule has 0 radical (unpaired) electrons. The molecule has 0 fully saturated rings. The summed E-state index contributed by atoms with van der Waals surface area (Å²) < 4.78 is 7.14. The maximum Gasteiger partial charge on any atom is 0.128 e. The van der Waals surface area contributed by atoms with E-state index in [-0.39, 0.29) is 6.04 Å². The third kappa shape index (κ3) is 5.22. The summed E-state index contributed by atoms with van der Waals surface area (Å²) in [6.45, 7) is 0.471. The van der Waals surface area contributed by atoms with Gasteiger partial charge in [-0.05, 0) is 77.6 Å². The summed E-state index contributed by atoms with van der Waals surface area (Å²) >= 11 is 9.76. The van der Waals surface area contributed by atoms with Gasteiger partial charge in [-0.3, -0.25) is 4.99 Å². The highest BCUT2D eigenvalue weighted by molar-refractivity contribution is 9.10. The fourth-order valence-corrected chi connectivity index (χ4v) is 5.72. The van der Waals surface area contributed by atoms with Crippen LogP contribution in [0.2, 0.25) is 5.02 Å². The number of anilines is 1. The van der Waals surface area contributed by atoms with Crippen molar-refractivity contribution < 1.29 is 4.74 Å². The zero-order chi connectivity index (χ0) is 25.2. The van der Waals surface area contributed by atoms with Crippen molar-refractivity contribution in [3.05, 3.63) is 135 Å². The minimum Gasteiger partial charge on any atom is -0.488 e. The van der Waals surface area contributed by atoms with E-state index in [4.69, 9.17) is 21.3 Å². The number of nitrogens with zero attached hydrogens (tertiary/aromatic N) is 1. The average Bonchev–Trinajstić information content (AvgIpc) is 3.43. The van der Waals surface area contributed by atoms with E-state index < -0.39 is 0 Å². The Morgan fingerprint density at radius 2 is 1.78 bits per heavy atom. The molecule has 1 aliphatic carbocycles. The van der Waals surface area contributed by atoms with Crippen LogP contribution in [0.3, 0.4) is 0 Å². The van der Waals surface area contributed by atoms with E-state index in [0.29, 0.717) is 23.5 Å². The van der Waals surface area contributed by atoms with Crippen LogP contribution in [0, 0.1) is 5.92 Å². The van der Waals surface area contributed by atoms with Crippen molar-refractivity contribution in [2.24, 2.45) is 10.9 Å². The Hall–Kier alpha value is -3.34. The number of nitrogens with one attached hydrogen (secondary N) is 1. The molecule has 2 aliphatic rings. The summed E-state index contributed by atoms with van der Waals surface area (Å²) in [4.78, 5) is 4.73. The Labute approximate surface area is 231 Å². The van der Waals surface area contributed by atoms with E-state index in [2.05, 4.69) is 81.9 Å². The van der Waals surface area contributed by atoms with Crippen LogP contribution in [-0.4, -0.2) is 6.21 Å². The Balaban J connectivity index is 1.18. The van der Waals surface area contributed by atoms with Crippen LogP contribution in [0.25, 0.3) is 0 Å². The van der Waals surface area contributed by atoms with Gasteiger partial charge in [0.25, 0.3) is 0 Å². The number of aliphatic imine (C=N–C) groups is 1. The molecule has 0 saturated heterocycles. The summed E-state index contributed by atoms with van der Waals surface area (Å²) in [5.41, 5.74) is 6.75. The van der Waals surface area contributed by atoms with Gasteiger partial charge in [0.05, 0.1) is 11.7 Å². The van der Waals surface area contributed by atoms with Crippen LogP contribution in [0.5, 0.6) is 5.75 Å². The smallest absolute Gasteiger partial charge is 0.128 e. The van der Waals surface area contributed by atoms with Crippen LogP contribution in [0.1, 0.15) is 40.6 Å². The molecule has 0 unspecified atom stereocenters. The normalized spacial score (nSPS) is 19.9. The molecule has 0 bridgehead atoms. The van der Waals surface area contributed by atoms with E-state index in [0.717, 1.165) is 33.5 Å². The SMILES string of the molecule is Clc1ccc(OCc2ccc(Br)cc2)c(C=Nc2ccc([C@@H]3Nc4ccccc4[C@@H]4C=CC[C@H]43)cc2)c1. The Kier molecular flexibility index (Phi) is 6.86. The Bertz CT molecular complexity index is 1460. The molecule has 1 heterocycles. The quantitative estimate of drug-likeness (QED) is 0.185. The predicted molar refractivity (Wildman–Crippen MR) is 156 cm³/mol. The van der Waals surface area contributed by atoms with Gasteiger partial charge >= 0.3 is 0 Å². The lowest BCUT2D eigenvalue weighted by Crippen LogP contribution is -2.28. The van der Waals surface area contributed by atoms with Crippen molar-refractivity contribution in [1.82, 2.24) is 0 Å². The Morgan fingerprint density at radius 1 is 0.973 bits per heavy atom. The van der Waals surface area contributed by atoms with E-state index in [1.807, 2.05) is 48.7 Å². The number of halogens is 2. The fraction of sp³-hybridized carbons (Fsp3) is 0.156. The first-order valence-electron chi connectivity index (χ1n) is 12.5. The van der Waals surface area contributed by atoms with Crippen molar-refractivity contribution >= 4 is 45.1 Å². The lowest BCUT2D eigenvalue weighted by Gasteiger charge is -2.37. The molecule has 4 aromatic carbocycles. The van der Waals surface area contributed by atoms with E-state index in [9.17, 15) is 0 Å². The number of ether oxygens (including phenoxy) is 1. The predicted octanol–water partition coefficient (Wildman–Crippen LogP) is 9.26. The van der Waals surface area contributed by atoms with Crippen LogP contribution in [-0.2, 0) is 6.61 Å². The highest BCUT2D eigenvalue weighted by Gasteiger charge is 2.37. The van der Waals surface area contributed by atoms with E-state index >= 15 is 0 Å². The number of hydrogen-bond acceptors (Lipinski definition) is 3. The first-order valence-corrected chi connectivity index (χ1v) is 13.6. The number of allylic oxidation sites excluding steroid dienone is 2. The molecule has 1 aliphatic heterocycles. The highest BCUT2D eigenvalue weighted by Crippen LogP contribution is 2.49. The summed E-state index contributed by atoms with van der Waals surface area (Å²) in [6, 6.07) is 31.2. The first-order chi connectivity index (χ1) is 18.1. The monoisotopic (exact) mass is 568 g/mol. The minimum atomic E-state index is 0.277. The first kappa shape index (κ1) is 24.0. The summed E-state index contributed by atoms with van der Waals surface area (Å²) in [5.74, 6) is 1.75. The van der Waals surface area contributed by atoms with Crippen molar-refractivity contribution in [3.63, 3.8) is 0 Å². The Morgan fingerprint density at radius 3 is 2.62 bits per heavy atom. The fourth-order valence-electron chi connectivity index (χ4n) is 5.28. The van der Waals surface area contributed by atoms with Gasteiger partial charge in [-0.15, -0.1) is 0 Å². The third-order valence-corrected chi connectivity index (χ3v) is 7.92. The molecular formula is C32H26BrClN2O. The third-order valence-electron chi connectivity index (χ3n) is 7.16. The lowest BCUT2D eigenvalue weighted by molar-refractivity contribution is 0.306. The van der Waals surface area contributed by atoms with Gasteiger partial charge in [-0.25, -0.2) is 0 Å². The van der Waals surface area contributed by atoms with Gasteiger partial charge in [0.2, 0.25) is 0 Å². The molecule has 184 valence electrons. The van der Waals surface area contributed by atoms with E-state index in [1.165, 1.54) is 16.8 Å². The van der Waals surface area contributed by atoms with Crippen LogP contribution in [0.15, 0.2) is 113 Å². The zero-order valence-corrected chi connectivity index (χ0v) is 22.5. The number of fused-ring (bicyclic) bond motifs is 3. The molecule has 0 aromatic heterocycles. The molecule has 3 atom stereocenters. The molecular weight excluding hydrogens is 544 g/mol. The van der Waals surface area contributed by atoms with Gasteiger partial charge in [-0.1, -0.05) is 82.1 Å². The molecule has 4 aromatic rings. The number of benzene rings is 4. The van der Waals surface area contributed by atoms with Crippen molar-refractivity contribution in [2.75, 3.05) is 5.32 Å². The second kappa shape index (κ2) is 10.6. The van der Waals surface area contributed by atoms with Gasteiger partial charge < -0.3 is 10.1 Å². The molecule has 0 spiro atoms. The minimum absolute atomic E-state index is 0.277. The van der Waals surface area contributed by atoms with Gasteiger partial charge in [0.1, 0.15) is 12.4 Å². The summed E-state index contributed by atoms with van der Waals surface area (Å²) in [5, 5.41) is 4.44. The van der Waals surface area contributed by atoms with E-state index in [1.54, 1.807) is 0 Å². The topological polar surface area (TPSA) is 33.6 Å². The van der Waals surface area contributed by atoms with Crippen LogP contribution >= 0.6 is 27.5 Å². The highest BCUT2D eigenvalue weighted by atomic mass is 79.9. The van der Waals surface area contributed by atoms with Crippen LogP contribution < -0.4 is 10.1 Å². The molecule has 0 saturated carbocycles. The molecule has 3 nitrogen and oxygen atoms in total. The molecule has 6 rings (SSSR count). The maximum absolute atomic E-state index is 6.29. The van der Waals surface area contributed by atoms with Crippen molar-refractivity contribution in [1.29, 1.82) is 0 Å². The van der Waals surface area contributed by atoms with Gasteiger partial charge in [0, 0.05) is 32.9 Å². The average molecular weight is 570 g/mol. The zero-order valence-electron chi connectivity index (χ0n) is 20.1. The number of hydrogen-bond donors (Lipinski definition) is 1. The largest absolute Gasteiger partial charge is 0.488 e. The number of para-hydroxylation sites is 1. The molecule has 1 N–H and O–H groups in total. The standard InChI is InChI=1S/C32H26BrClN2O/c33-24-12-8-21(9-13-24)20-37-31-17-14-25(34)18-23(31)19-35-26-15-10-22(11-16-26)32-29-6-3-5-27(29)28-4-1-2-7-30(28)36-32/h1-5,7-19,27,29,32,36H,6,20H2/t27-,29+,32-/m0/s1. The number of rotatable bonds is 6. The lowest BCUT2D eigenvalue weighted by atomic mass is 9.77. The molecule has 0 amide bonds. The summed E-state index contributed by atoms with van der Waals surface area (Å²) in [6.07, 6.45) is 7.61. The van der Waals surface area contributed by atoms with Gasteiger partial charge in [0.15, 0.2) is 0 Å². The maximum atomic E-state index is 6.29. The van der Waals surface area contributed by atoms with Crippen molar-refractivity contribution in [3.8, 4) is 5.75 Å². The van der Waals surface area contributed by atoms with Crippen LogP contribution in [0.4, 0.5) is 11.4 Å².